The summed E-state index contributed by atoms with van der Waals surface area (Å²) in [6, 6.07) is 27.1. The van der Waals surface area contributed by atoms with Crippen molar-refractivity contribution in [1.29, 1.82) is 0 Å². The number of hydrogen-bond donors (Lipinski definition) is 0. The summed E-state index contributed by atoms with van der Waals surface area (Å²) in [6.07, 6.45) is -9.46. The molecule has 0 atom stereocenters. The summed E-state index contributed by atoms with van der Waals surface area (Å²) in [4.78, 5) is 8.78. The predicted octanol–water partition coefficient (Wildman–Crippen LogP) is 4.61. The summed E-state index contributed by atoms with van der Waals surface area (Å²) < 4.78 is 66.8. The third-order valence-electron chi connectivity index (χ3n) is 2.36. The van der Waals surface area contributed by atoms with Crippen LogP contribution in [-0.2, 0) is 32.7 Å². The molecule has 3 rings (SSSR count). The van der Waals surface area contributed by atoms with Crippen molar-refractivity contribution in [2.45, 2.75) is 12.4 Å². The molecule has 0 radical (unpaired) electrons. The maximum Gasteiger partial charge on any atom is 4.00 e. The van der Waals surface area contributed by atoms with E-state index >= 15 is 0 Å². The summed E-state index contributed by atoms with van der Waals surface area (Å²) in [5.74, 6) is -3.01. The third-order valence-corrected chi connectivity index (χ3v) is 2.36. The number of halogens is 6. The number of carbonyl (C=O) groups is 1. The first-order valence-corrected chi connectivity index (χ1v) is 7.20. The molecule has 148 valence electrons. The molecule has 0 saturated heterocycles. The number of carbonyl (C=O) groups excluding carboxylic acids is 1. The summed E-state index contributed by atoms with van der Waals surface area (Å²) in [6.45, 7) is 0. The molecule has 0 fully saturated rings. The molecule has 28 heavy (non-hydrogen) atoms. The summed E-state index contributed by atoms with van der Waals surface area (Å²) in [7, 11) is 0. The molecule has 0 unspecified atom stereocenters. The van der Waals surface area contributed by atoms with Gasteiger partial charge in [0.2, 0.25) is 0 Å². The molecule has 3 aromatic rings. The van der Waals surface area contributed by atoms with Gasteiger partial charge in [0.1, 0.15) is 5.97 Å². The topological polar surface area (TPSA) is 40.1 Å². The van der Waals surface area contributed by atoms with Crippen LogP contribution in [0.2, 0.25) is 0 Å². The first-order chi connectivity index (χ1) is 12.5. The van der Waals surface area contributed by atoms with Gasteiger partial charge in [0, 0.05) is 0 Å². The number of aliphatic carboxylic acids is 1. The van der Waals surface area contributed by atoms with Crippen LogP contribution < -0.4 is 5.11 Å². The Morgan fingerprint density at radius 3 is 1.36 bits per heavy atom. The number of carboxylic acids is 1. The van der Waals surface area contributed by atoms with Gasteiger partial charge in [-0.3, -0.25) is 0 Å². The molecule has 9 heteroatoms. The number of hydrogen-bond acceptors (Lipinski definition) is 2. The molecule has 0 heterocycles. The second kappa shape index (κ2) is 14.7. The minimum absolute atomic E-state index is 0. The number of alkyl halides is 6. The Hall–Kier alpha value is -2.32. The van der Waals surface area contributed by atoms with Gasteiger partial charge in [-0.05, 0) is 0 Å². The molecule has 0 aromatic heterocycles. The second-order valence-electron chi connectivity index (χ2n) is 4.48. The van der Waals surface area contributed by atoms with Crippen LogP contribution in [0.5, 0.6) is 0 Å². The first-order valence-electron chi connectivity index (χ1n) is 7.20. The Kier molecular flexibility index (Phi) is 14.7. The van der Waals surface area contributed by atoms with Gasteiger partial charge in [-0.1, -0.05) is 5.56 Å². The van der Waals surface area contributed by atoms with Gasteiger partial charge in [-0.25, -0.2) is 24.3 Å². The van der Waals surface area contributed by atoms with Crippen LogP contribution in [0, 0.1) is 6.07 Å². The van der Waals surface area contributed by atoms with E-state index in [0.29, 0.717) is 0 Å². The molecule has 3 aromatic carbocycles. The number of benzene rings is 1. The zero-order valence-electron chi connectivity index (χ0n) is 14.2. The van der Waals surface area contributed by atoms with E-state index in [0.717, 1.165) is 6.07 Å². The van der Waals surface area contributed by atoms with Crippen LogP contribution in [0.3, 0.4) is 0 Å². The Balaban J connectivity index is 0. The van der Waals surface area contributed by atoms with E-state index in [2.05, 4.69) is 6.07 Å². The van der Waals surface area contributed by atoms with Gasteiger partial charge < -0.3 is 9.90 Å². The van der Waals surface area contributed by atoms with E-state index in [-0.39, 0.29) is 21.7 Å². The molecule has 0 N–H and O–H groups in total. The van der Waals surface area contributed by atoms with E-state index in [4.69, 9.17) is 9.90 Å². The molecular formula is C19H14F6O2Ti. The van der Waals surface area contributed by atoms with Gasteiger partial charge in [0.15, 0.2) is 0 Å². The van der Waals surface area contributed by atoms with Gasteiger partial charge in [-0.2, -0.15) is 93.1 Å². The standard InChI is InChI=1S/C7H4F3.2C5H5.C2HF3O2.Ti/c8-7(9,10)6-4-2-1-3-5-6;2*1-2-4-5-3-1;3-2(4,5)1(6)7;/h1-4H;2*1-5H;(H,6,7);/q3*-1;;+4/p-1. The van der Waals surface area contributed by atoms with Crippen molar-refractivity contribution in [3.8, 4) is 0 Å². The summed E-state index contributed by atoms with van der Waals surface area (Å²) in [5, 5.41) is 8.78. The van der Waals surface area contributed by atoms with Gasteiger partial charge >= 0.3 is 34.1 Å². The molecule has 0 spiro atoms. The van der Waals surface area contributed by atoms with Crippen LogP contribution >= 0.6 is 0 Å². The van der Waals surface area contributed by atoms with Gasteiger partial charge in [0.05, 0.1) is 0 Å². The normalized spacial score (nSPS) is 9.79. The Labute approximate surface area is 173 Å². The van der Waals surface area contributed by atoms with Crippen molar-refractivity contribution in [3.05, 3.63) is 96.6 Å². The maximum atomic E-state index is 11.8. The largest absolute Gasteiger partial charge is 4.00 e. The van der Waals surface area contributed by atoms with Crippen LogP contribution in [-0.4, -0.2) is 12.1 Å². The van der Waals surface area contributed by atoms with E-state index in [1.165, 1.54) is 18.2 Å². The van der Waals surface area contributed by atoms with Crippen molar-refractivity contribution in [2.24, 2.45) is 0 Å². The monoisotopic (exact) mass is 436 g/mol. The number of carboxylic acid groups (broad SMARTS) is 1. The Morgan fingerprint density at radius 1 is 0.821 bits per heavy atom. The minimum Gasteiger partial charge on any atom is -0.542 e. The van der Waals surface area contributed by atoms with Crippen molar-refractivity contribution in [2.75, 3.05) is 0 Å². The molecule has 0 aliphatic carbocycles. The average Bonchev–Trinajstić information content (AvgIpc) is 3.33. The van der Waals surface area contributed by atoms with Gasteiger partial charge in [0.25, 0.3) is 0 Å². The molecule has 2 nitrogen and oxygen atoms in total. The fourth-order valence-electron chi connectivity index (χ4n) is 1.21. The Bertz CT molecular complexity index is 630. The Morgan fingerprint density at radius 2 is 1.21 bits per heavy atom. The fraction of sp³-hybridized carbons (Fsp3) is 0.105. The minimum atomic E-state index is -5.19. The third kappa shape index (κ3) is 15.9. The molecule has 0 saturated carbocycles. The van der Waals surface area contributed by atoms with Crippen LogP contribution in [0.1, 0.15) is 5.56 Å². The summed E-state index contributed by atoms with van der Waals surface area (Å²) in [5.41, 5.74) is -0.727. The first kappa shape index (κ1) is 27.9. The predicted molar refractivity (Wildman–Crippen MR) is 85.4 cm³/mol. The van der Waals surface area contributed by atoms with Crippen LogP contribution in [0.4, 0.5) is 26.3 Å². The molecular weight excluding hydrogens is 422 g/mol. The van der Waals surface area contributed by atoms with Crippen LogP contribution in [0.25, 0.3) is 0 Å². The smallest absolute Gasteiger partial charge is 0.542 e. The van der Waals surface area contributed by atoms with Gasteiger partial charge in [-0.15, -0.1) is 0 Å². The van der Waals surface area contributed by atoms with E-state index < -0.39 is 23.9 Å². The fourth-order valence-corrected chi connectivity index (χ4v) is 1.21. The van der Waals surface area contributed by atoms with E-state index in [1.807, 2.05) is 60.7 Å². The average molecular weight is 436 g/mol. The van der Waals surface area contributed by atoms with E-state index in [1.54, 1.807) is 0 Å². The van der Waals surface area contributed by atoms with E-state index in [9.17, 15) is 26.3 Å². The van der Waals surface area contributed by atoms with Crippen molar-refractivity contribution in [1.82, 2.24) is 0 Å². The zero-order valence-corrected chi connectivity index (χ0v) is 15.7. The summed E-state index contributed by atoms with van der Waals surface area (Å²) >= 11 is 0. The zero-order chi connectivity index (χ0) is 20.8. The maximum absolute atomic E-state index is 11.8. The molecule has 0 aliphatic heterocycles. The number of rotatable bonds is 0. The SMILES string of the molecule is FC(F)(F)c1[c-]cccc1.O=C([O-])C(F)(F)F.[Ti+4].c1cc[cH-]c1.c1cc[cH-]c1. The van der Waals surface area contributed by atoms with Crippen molar-refractivity contribution >= 4 is 5.97 Å². The van der Waals surface area contributed by atoms with Crippen LogP contribution in [0.15, 0.2) is 84.9 Å². The van der Waals surface area contributed by atoms with Crippen molar-refractivity contribution in [3.63, 3.8) is 0 Å². The second-order valence-corrected chi connectivity index (χ2v) is 4.48. The molecule has 0 bridgehead atoms. The van der Waals surface area contributed by atoms with Crippen molar-refractivity contribution < 1.29 is 58.0 Å². The molecule has 0 aliphatic rings. The molecule has 0 amide bonds. The quantitative estimate of drug-likeness (QED) is 0.294.